The van der Waals surface area contributed by atoms with Crippen LogP contribution in [0.4, 0.5) is 0 Å². The lowest BCUT2D eigenvalue weighted by atomic mass is 10.0. The molecule has 1 N–H and O–H groups in total. The Morgan fingerprint density at radius 1 is 1.50 bits per heavy atom. The summed E-state index contributed by atoms with van der Waals surface area (Å²) in [7, 11) is 0. The lowest BCUT2D eigenvalue weighted by molar-refractivity contribution is -0.141. The van der Waals surface area contributed by atoms with Crippen LogP contribution in [0.25, 0.3) is 0 Å². The molecule has 0 aromatic heterocycles. The summed E-state index contributed by atoms with van der Waals surface area (Å²) in [5.41, 5.74) is 0. The van der Waals surface area contributed by atoms with E-state index in [-0.39, 0.29) is 5.92 Å². The van der Waals surface area contributed by atoms with E-state index >= 15 is 0 Å². The zero-order chi connectivity index (χ0) is 10.1. The third-order valence-corrected chi connectivity index (χ3v) is 3.81. The number of likely N-dealkylation sites (tertiary alicyclic amines) is 1. The molecule has 0 spiro atoms. The van der Waals surface area contributed by atoms with Gasteiger partial charge in [0.05, 0.1) is 5.92 Å². The fourth-order valence-electron chi connectivity index (χ4n) is 2.99. The van der Waals surface area contributed by atoms with Crippen LogP contribution < -0.4 is 0 Å². The molecule has 1 aliphatic heterocycles. The highest BCUT2D eigenvalue weighted by atomic mass is 16.4. The van der Waals surface area contributed by atoms with Crippen LogP contribution in [0.15, 0.2) is 0 Å². The molecule has 1 saturated heterocycles. The molecule has 80 valence electrons. The van der Waals surface area contributed by atoms with Gasteiger partial charge in [-0.15, -0.1) is 0 Å². The van der Waals surface area contributed by atoms with Crippen molar-refractivity contribution in [3.63, 3.8) is 0 Å². The van der Waals surface area contributed by atoms with E-state index in [9.17, 15) is 4.79 Å². The fraction of sp³-hybridized carbons (Fsp3) is 0.909. The van der Waals surface area contributed by atoms with E-state index in [0.29, 0.717) is 6.04 Å². The van der Waals surface area contributed by atoms with E-state index in [1.54, 1.807) is 0 Å². The van der Waals surface area contributed by atoms with Gasteiger partial charge in [0.25, 0.3) is 0 Å². The van der Waals surface area contributed by atoms with Crippen molar-refractivity contribution in [3.05, 3.63) is 0 Å². The summed E-state index contributed by atoms with van der Waals surface area (Å²) in [6, 6.07) is 0.705. The van der Waals surface area contributed by atoms with Gasteiger partial charge in [0, 0.05) is 12.6 Å². The standard InChI is InChI=1S/C11H19NO2/c1-8(11(13)14)7-12-6-5-9-3-2-4-10(9)12/h8-10H,2-7H2,1H3,(H,13,14). The molecule has 0 radical (unpaired) electrons. The number of fused-ring (bicyclic) bond motifs is 1. The maximum Gasteiger partial charge on any atom is 0.307 e. The number of hydrogen-bond donors (Lipinski definition) is 1. The van der Waals surface area contributed by atoms with Gasteiger partial charge < -0.3 is 5.11 Å². The van der Waals surface area contributed by atoms with E-state index in [1.807, 2.05) is 6.92 Å². The van der Waals surface area contributed by atoms with E-state index in [4.69, 9.17) is 5.11 Å². The van der Waals surface area contributed by atoms with Crippen molar-refractivity contribution in [1.82, 2.24) is 4.90 Å². The van der Waals surface area contributed by atoms with E-state index < -0.39 is 5.97 Å². The maximum absolute atomic E-state index is 10.8. The molecule has 3 heteroatoms. The van der Waals surface area contributed by atoms with E-state index in [2.05, 4.69) is 4.90 Å². The Bertz CT molecular complexity index is 229. The van der Waals surface area contributed by atoms with Crippen molar-refractivity contribution in [3.8, 4) is 0 Å². The van der Waals surface area contributed by atoms with Crippen molar-refractivity contribution in [2.75, 3.05) is 13.1 Å². The molecule has 3 nitrogen and oxygen atoms in total. The normalized spacial score (nSPS) is 34.4. The van der Waals surface area contributed by atoms with Crippen LogP contribution in [-0.2, 0) is 4.79 Å². The molecule has 2 fully saturated rings. The first-order valence-corrected chi connectivity index (χ1v) is 5.65. The Morgan fingerprint density at radius 3 is 3.00 bits per heavy atom. The van der Waals surface area contributed by atoms with Gasteiger partial charge in [0.2, 0.25) is 0 Å². The van der Waals surface area contributed by atoms with Crippen LogP contribution in [0.2, 0.25) is 0 Å². The van der Waals surface area contributed by atoms with E-state index in [0.717, 1.165) is 19.0 Å². The average molecular weight is 197 g/mol. The third kappa shape index (κ3) is 1.78. The van der Waals surface area contributed by atoms with Gasteiger partial charge in [-0.2, -0.15) is 0 Å². The molecular formula is C11H19NO2. The number of carboxylic acid groups (broad SMARTS) is 1. The lowest BCUT2D eigenvalue weighted by Crippen LogP contribution is -2.36. The summed E-state index contributed by atoms with van der Waals surface area (Å²) in [5, 5.41) is 8.86. The van der Waals surface area contributed by atoms with Crippen LogP contribution >= 0.6 is 0 Å². The van der Waals surface area contributed by atoms with Crippen molar-refractivity contribution < 1.29 is 9.90 Å². The summed E-state index contributed by atoms with van der Waals surface area (Å²) in [6.07, 6.45) is 5.28. The fourth-order valence-corrected chi connectivity index (χ4v) is 2.99. The lowest BCUT2D eigenvalue weighted by Gasteiger charge is -2.25. The SMILES string of the molecule is CC(CN1CCC2CCCC21)C(=O)O. The van der Waals surface area contributed by atoms with Gasteiger partial charge in [0.1, 0.15) is 0 Å². The quantitative estimate of drug-likeness (QED) is 0.746. The van der Waals surface area contributed by atoms with Crippen LogP contribution in [0.5, 0.6) is 0 Å². The average Bonchev–Trinajstić information content (AvgIpc) is 2.69. The smallest absolute Gasteiger partial charge is 0.307 e. The molecule has 3 atom stereocenters. The van der Waals surface area contributed by atoms with Crippen LogP contribution in [-0.4, -0.2) is 35.1 Å². The van der Waals surface area contributed by atoms with Crippen LogP contribution in [0.1, 0.15) is 32.6 Å². The molecular weight excluding hydrogens is 178 g/mol. The molecule has 1 saturated carbocycles. The van der Waals surface area contributed by atoms with Gasteiger partial charge in [0.15, 0.2) is 0 Å². The Balaban J connectivity index is 1.89. The molecule has 3 unspecified atom stereocenters. The number of nitrogens with zero attached hydrogens (tertiary/aromatic N) is 1. The number of carboxylic acids is 1. The van der Waals surface area contributed by atoms with Crippen molar-refractivity contribution in [2.24, 2.45) is 11.8 Å². The minimum Gasteiger partial charge on any atom is -0.481 e. The Hall–Kier alpha value is -0.570. The van der Waals surface area contributed by atoms with E-state index in [1.165, 1.54) is 25.7 Å². The number of aliphatic carboxylic acids is 1. The first kappa shape index (κ1) is 9.97. The minimum atomic E-state index is -0.661. The molecule has 14 heavy (non-hydrogen) atoms. The summed E-state index contributed by atoms with van der Waals surface area (Å²) >= 11 is 0. The summed E-state index contributed by atoms with van der Waals surface area (Å²) in [6.45, 7) is 3.67. The predicted molar refractivity (Wildman–Crippen MR) is 54.1 cm³/mol. The van der Waals surface area contributed by atoms with Crippen molar-refractivity contribution in [1.29, 1.82) is 0 Å². The third-order valence-electron chi connectivity index (χ3n) is 3.81. The largest absolute Gasteiger partial charge is 0.481 e. The molecule has 1 aliphatic carbocycles. The Labute approximate surface area is 85.1 Å². The highest BCUT2D eigenvalue weighted by molar-refractivity contribution is 5.69. The maximum atomic E-state index is 10.8. The first-order valence-electron chi connectivity index (χ1n) is 5.65. The van der Waals surface area contributed by atoms with Crippen LogP contribution in [0, 0.1) is 11.8 Å². The Morgan fingerprint density at radius 2 is 2.29 bits per heavy atom. The van der Waals surface area contributed by atoms with Gasteiger partial charge in [-0.05, 0) is 31.7 Å². The highest BCUT2D eigenvalue weighted by Crippen LogP contribution is 2.37. The Kier molecular flexibility index (Phi) is 2.77. The second-order valence-corrected chi connectivity index (χ2v) is 4.78. The first-order chi connectivity index (χ1) is 6.68. The highest BCUT2D eigenvalue weighted by Gasteiger charge is 2.38. The molecule has 0 aromatic rings. The zero-order valence-corrected chi connectivity index (χ0v) is 8.78. The topological polar surface area (TPSA) is 40.5 Å². The monoisotopic (exact) mass is 197 g/mol. The van der Waals surface area contributed by atoms with Crippen LogP contribution in [0.3, 0.4) is 0 Å². The van der Waals surface area contributed by atoms with Gasteiger partial charge in [-0.1, -0.05) is 13.3 Å². The number of rotatable bonds is 3. The molecule has 0 aromatic carbocycles. The number of carbonyl (C=O) groups is 1. The van der Waals surface area contributed by atoms with Gasteiger partial charge in [-0.3, -0.25) is 9.69 Å². The minimum absolute atomic E-state index is 0.214. The molecule has 2 rings (SSSR count). The summed E-state index contributed by atoms with van der Waals surface area (Å²) < 4.78 is 0. The predicted octanol–water partition coefficient (Wildman–Crippen LogP) is 1.58. The summed E-state index contributed by atoms with van der Waals surface area (Å²) in [5.74, 6) is -0.00297. The second kappa shape index (κ2) is 3.89. The molecule has 0 bridgehead atoms. The van der Waals surface area contributed by atoms with Crippen molar-refractivity contribution in [2.45, 2.75) is 38.6 Å². The van der Waals surface area contributed by atoms with Crippen molar-refractivity contribution >= 4 is 5.97 Å². The van der Waals surface area contributed by atoms with Gasteiger partial charge >= 0.3 is 5.97 Å². The molecule has 2 aliphatic rings. The molecule has 1 heterocycles. The van der Waals surface area contributed by atoms with Gasteiger partial charge in [-0.25, -0.2) is 0 Å². The zero-order valence-electron chi connectivity index (χ0n) is 8.78. The molecule has 0 amide bonds. The number of hydrogen-bond acceptors (Lipinski definition) is 2. The second-order valence-electron chi connectivity index (χ2n) is 4.78. The summed E-state index contributed by atoms with van der Waals surface area (Å²) in [4.78, 5) is 13.2.